The summed E-state index contributed by atoms with van der Waals surface area (Å²) in [6, 6.07) is 5.02. The molecule has 0 bridgehead atoms. The molecule has 2 unspecified atom stereocenters. The van der Waals surface area contributed by atoms with E-state index in [0.29, 0.717) is 17.9 Å². The van der Waals surface area contributed by atoms with Crippen LogP contribution in [0, 0.1) is 5.92 Å². The van der Waals surface area contributed by atoms with Crippen molar-refractivity contribution in [3.63, 3.8) is 0 Å². The smallest absolute Gasteiger partial charge is 0.262 e. The molecule has 1 aromatic rings. The summed E-state index contributed by atoms with van der Waals surface area (Å²) in [5.74, 6) is 0.172. The fourth-order valence-electron chi connectivity index (χ4n) is 2.84. The number of allylic oxidation sites excluding steroid dienone is 1. The molecule has 2 rings (SSSR count). The van der Waals surface area contributed by atoms with E-state index in [0.717, 1.165) is 4.31 Å². The third-order valence-corrected chi connectivity index (χ3v) is 6.70. The maximum Gasteiger partial charge on any atom is 0.262 e. The second-order valence-corrected chi connectivity index (χ2v) is 8.39. The lowest BCUT2D eigenvalue weighted by Crippen LogP contribution is -2.52. The molecule has 1 aromatic carbocycles. The number of ether oxygens (including phenoxy) is 1. The molecule has 138 valence electrons. The third kappa shape index (κ3) is 4.35. The van der Waals surface area contributed by atoms with Crippen LogP contribution in [0.4, 0.5) is 0 Å². The Morgan fingerprint density at radius 1 is 1.36 bits per heavy atom. The van der Waals surface area contributed by atoms with Gasteiger partial charge in [0.15, 0.2) is 0 Å². The highest BCUT2D eigenvalue weighted by molar-refractivity contribution is 7.98. The van der Waals surface area contributed by atoms with Gasteiger partial charge in [0.05, 0.1) is 12.0 Å². The van der Waals surface area contributed by atoms with Gasteiger partial charge in [-0.2, -0.15) is 16.1 Å². The van der Waals surface area contributed by atoms with Crippen LogP contribution in [0.2, 0.25) is 0 Å². The average Bonchev–Trinajstić information content (AvgIpc) is 2.84. The first-order valence-corrected chi connectivity index (χ1v) is 10.5. The number of thioether (sulfide) groups is 1. The highest BCUT2D eigenvalue weighted by Crippen LogP contribution is 2.29. The van der Waals surface area contributed by atoms with Gasteiger partial charge in [-0.25, -0.2) is 13.9 Å². The SMILES string of the molecule is COc1ccc(S(=O)(=O)N2CC=CCC(CSC)C2C(=O)NO)cc1. The van der Waals surface area contributed by atoms with E-state index in [1.165, 1.54) is 31.0 Å². The third-order valence-electron chi connectivity index (χ3n) is 4.07. The molecule has 1 aliphatic heterocycles. The molecule has 1 amide bonds. The van der Waals surface area contributed by atoms with Gasteiger partial charge in [-0.1, -0.05) is 12.2 Å². The second kappa shape index (κ2) is 8.70. The fraction of sp³-hybridized carbons (Fsp3) is 0.438. The number of benzene rings is 1. The minimum absolute atomic E-state index is 0.0668. The average molecular weight is 386 g/mol. The molecule has 25 heavy (non-hydrogen) atoms. The lowest BCUT2D eigenvalue weighted by atomic mass is 9.98. The largest absolute Gasteiger partial charge is 0.497 e. The molecular weight excluding hydrogens is 364 g/mol. The van der Waals surface area contributed by atoms with E-state index in [-0.39, 0.29) is 17.4 Å². The minimum atomic E-state index is -3.92. The molecule has 9 heteroatoms. The van der Waals surface area contributed by atoms with Gasteiger partial charge in [-0.15, -0.1) is 0 Å². The van der Waals surface area contributed by atoms with E-state index in [2.05, 4.69) is 0 Å². The van der Waals surface area contributed by atoms with Crippen LogP contribution in [0.15, 0.2) is 41.3 Å². The summed E-state index contributed by atoms with van der Waals surface area (Å²) in [4.78, 5) is 12.3. The minimum Gasteiger partial charge on any atom is -0.497 e. The zero-order valence-electron chi connectivity index (χ0n) is 14.1. The molecule has 0 saturated carbocycles. The predicted octanol–water partition coefficient (Wildman–Crippen LogP) is 1.50. The predicted molar refractivity (Wildman–Crippen MR) is 96.2 cm³/mol. The van der Waals surface area contributed by atoms with Crippen molar-refractivity contribution in [2.75, 3.05) is 25.7 Å². The summed E-state index contributed by atoms with van der Waals surface area (Å²) >= 11 is 1.53. The Bertz CT molecular complexity index is 719. The maximum absolute atomic E-state index is 13.1. The van der Waals surface area contributed by atoms with Crippen LogP contribution in [0.25, 0.3) is 0 Å². The van der Waals surface area contributed by atoms with Gasteiger partial charge < -0.3 is 4.74 Å². The summed E-state index contributed by atoms with van der Waals surface area (Å²) in [5.41, 5.74) is 1.62. The van der Waals surface area contributed by atoms with Crippen molar-refractivity contribution in [3.05, 3.63) is 36.4 Å². The van der Waals surface area contributed by atoms with E-state index in [1.807, 2.05) is 12.3 Å². The van der Waals surface area contributed by atoms with Crippen LogP contribution in [0.5, 0.6) is 5.75 Å². The number of sulfonamides is 1. The van der Waals surface area contributed by atoms with Crippen molar-refractivity contribution in [2.24, 2.45) is 5.92 Å². The van der Waals surface area contributed by atoms with Gasteiger partial charge >= 0.3 is 0 Å². The van der Waals surface area contributed by atoms with E-state index in [1.54, 1.807) is 23.7 Å². The normalized spacial score (nSPS) is 21.6. The fourth-order valence-corrected chi connectivity index (χ4v) is 5.19. The van der Waals surface area contributed by atoms with Crippen LogP contribution in [-0.2, 0) is 14.8 Å². The molecule has 2 atom stereocenters. The highest BCUT2D eigenvalue weighted by Gasteiger charge is 2.40. The Labute approximate surface area is 152 Å². The first-order valence-electron chi connectivity index (χ1n) is 7.69. The first kappa shape index (κ1) is 19.8. The molecule has 0 fully saturated rings. The van der Waals surface area contributed by atoms with Crippen molar-refractivity contribution in [1.82, 2.24) is 9.79 Å². The summed E-state index contributed by atoms with van der Waals surface area (Å²) in [6.45, 7) is 0.0668. The summed E-state index contributed by atoms with van der Waals surface area (Å²) in [7, 11) is -2.42. The second-order valence-electron chi connectivity index (χ2n) is 5.59. The van der Waals surface area contributed by atoms with Gasteiger partial charge in [0.1, 0.15) is 11.8 Å². The van der Waals surface area contributed by atoms with Gasteiger partial charge in [0.25, 0.3) is 5.91 Å². The monoisotopic (exact) mass is 386 g/mol. The molecule has 1 aliphatic rings. The zero-order valence-corrected chi connectivity index (χ0v) is 15.7. The van der Waals surface area contributed by atoms with Gasteiger partial charge in [0.2, 0.25) is 10.0 Å². The zero-order chi connectivity index (χ0) is 18.4. The number of rotatable bonds is 6. The summed E-state index contributed by atoms with van der Waals surface area (Å²) in [5, 5.41) is 9.12. The first-order chi connectivity index (χ1) is 12.0. The van der Waals surface area contributed by atoms with Gasteiger partial charge in [0, 0.05) is 6.54 Å². The van der Waals surface area contributed by atoms with E-state index < -0.39 is 22.0 Å². The number of nitrogens with one attached hydrogen (secondary N) is 1. The molecule has 2 N–H and O–H groups in total. The lowest BCUT2D eigenvalue weighted by molar-refractivity contribution is -0.134. The van der Waals surface area contributed by atoms with Crippen LogP contribution in [0.1, 0.15) is 6.42 Å². The molecule has 7 nitrogen and oxygen atoms in total. The number of hydrogen-bond donors (Lipinski definition) is 2. The van der Waals surface area contributed by atoms with Crippen molar-refractivity contribution in [2.45, 2.75) is 17.4 Å². The van der Waals surface area contributed by atoms with E-state index in [4.69, 9.17) is 9.94 Å². The van der Waals surface area contributed by atoms with Gasteiger partial charge in [-0.05, 0) is 48.6 Å². The Morgan fingerprint density at radius 3 is 2.60 bits per heavy atom. The quantitative estimate of drug-likeness (QED) is 0.437. The Morgan fingerprint density at radius 2 is 2.04 bits per heavy atom. The molecule has 1 heterocycles. The summed E-state index contributed by atoms with van der Waals surface area (Å²) in [6.07, 6.45) is 6.07. The Hall–Kier alpha value is -1.55. The number of carbonyl (C=O) groups is 1. The number of hydroxylamine groups is 1. The standard InChI is InChI=1S/C16H22N2O5S2/c1-23-13-6-8-14(9-7-13)25(21,22)18-10-4-3-5-12(11-24-2)15(18)16(19)17-20/h3-4,6-9,12,15,20H,5,10-11H2,1-2H3,(H,17,19). The maximum atomic E-state index is 13.1. The lowest BCUT2D eigenvalue weighted by Gasteiger charge is -2.32. The van der Waals surface area contributed by atoms with Gasteiger partial charge in [-0.3, -0.25) is 10.0 Å². The number of carbonyl (C=O) groups excluding carboxylic acids is 1. The van der Waals surface area contributed by atoms with Crippen LogP contribution in [-0.4, -0.2) is 55.5 Å². The Balaban J connectivity index is 2.45. The number of methoxy groups -OCH3 is 1. The number of amides is 1. The van der Waals surface area contributed by atoms with E-state index in [9.17, 15) is 13.2 Å². The van der Waals surface area contributed by atoms with Crippen LogP contribution < -0.4 is 10.2 Å². The van der Waals surface area contributed by atoms with Crippen LogP contribution >= 0.6 is 11.8 Å². The van der Waals surface area contributed by atoms with Crippen molar-refractivity contribution in [3.8, 4) is 5.75 Å². The molecule has 0 saturated heterocycles. The molecule has 0 radical (unpaired) electrons. The van der Waals surface area contributed by atoms with Crippen molar-refractivity contribution >= 4 is 27.7 Å². The van der Waals surface area contributed by atoms with Crippen molar-refractivity contribution in [1.29, 1.82) is 0 Å². The number of hydrogen-bond acceptors (Lipinski definition) is 6. The molecule has 0 aliphatic carbocycles. The highest BCUT2D eigenvalue weighted by atomic mass is 32.2. The van der Waals surface area contributed by atoms with Crippen molar-refractivity contribution < 1.29 is 23.2 Å². The molecule has 0 aromatic heterocycles. The summed E-state index contributed by atoms with van der Waals surface area (Å²) < 4.78 is 32.4. The number of nitrogens with zero attached hydrogens (tertiary/aromatic N) is 1. The molecule has 0 spiro atoms. The van der Waals surface area contributed by atoms with Crippen LogP contribution in [0.3, 0.4) is 0 Å². The molecular formula is C16H22N2O5S2. The topological polar surface area (TPSA) is 95.9 Å². The Kier molecular flexibility index (Phi) is 6.88. The van der Waals surface area contributed by atoms with E-state index >= 15 is 0 Å².